The van der Waals surface area contributed by atoms with Crippen LogP contribution in [0.2, 0.25) is 5.15 Å². The van der Waals surface area contributed by atoms with Crippen LogP contribution in [0.1, 0.15) is 25.0 Å². The summed E-state index contributed by atoms with van der Waals surface area (Å²) in [4.78, 5) is 21.3. The molecule has 0 aromatic carbocycles. The molecule has 1 saturated heterocycles. The van der Waals surface area contributed by atoms with E-state index in [1.54, 1.807) is 11.0 Å². The highest BCUT2D eigenvalue weighted by molar-refractivity contribution is 6.29. The number of aryl methyl sites for hydroxylation is 1. The fourth-order valence-electron chi connectivity index (χ4n) is 2.07. The van der Waals surface area contributed by atoms with Crippen molar-refractivity contribution in [3.8, 4) is 0 Å². The Labute approximate surface area is 104 Å². The van der Waals surface area contributed by atoms with Crippen LogP contribution in [0.15, 0.2) is 6.07 Å². The first kappa shape index (κ1) is 12.1. The number of nitrogens with zero attached hydrogens (tertiary/aromatic N) is 3. The molecule has 92 valence electrons. The largest absolute Gasteiger partial charge is 0.480 e. The number of hydrogen-bond donors (Lipinski definition) is 1. The summed E-state index contributed by atoms with van der Waals surface area (Å²) in [6, 6.07) is 1.12. The Morgan fingerprint density at radius 1 is 1.53 bits per heavy atom. The maximum atomic E-state index is 11.2. The monoisotopic (exact) mass is 255 g/mol. The zero-order valence-electron chi connectivity index (χ0n) is 9.56. The molecule has 0 radical (unpaired) electrons. The van der Waals surface area contributed by atoms with Gasteiger partial charge < -0.3 is 10.0 Å². The average Bonchev–Trinajstić information content (AvgIpc) is 2.27. The summed E-state index contributed by atoms with van der Waals surface area (Å²) < 4.78 is 0. The molecule has 2 rings (SSSR count). The van der Waals surface area contributed by atoms with Gasteiger partial charge >= 0.3 is 5.97 Å². The van der Waals surface area contributed by atoms with E-state index in [0.29, 0.717) is 24.1 Å². The van der Waals surface area contributed by atoms with E-state index in [4.69, 9.17) is 11.6 Å². The van der Waals surface area contributed by atoms with E-state index < -0.39 is 12.0 Å². The first-order valence-corrected chi connectivity index (χ1v) is 5.96. The van der Waals surface area contributed by atoms with Gasteiger partial charge in [-0.25, -0.2) is 14.8 Å². The predicted molar refractivity (Wildman–Crippen MR) is 64.4 cm³/mol. The van der Waals surface area contributed by atoms with Gasteiger partial charge in [-0.15, -0.1) is 0 Å². The number of rotatable bonds is 2. The molecule has 5 nitrogen and oxygen atoms in total. The Morgan fingerprint density at radius 3 is 2.94 bits per heavy atom. The average molecular weight is 256 g/mol. The summed E-state index contributed by atoms with van der Waals surface area (Å²) in [7, 11) is 0. The van der Waals surface area contributed by atoms with Crippen molar-refractivity contribution in [2.75, 3.05) is 11.4 Å². The highest BCUT2D eigenvalue weighted by Gasteiger charge is 2.30. The van der Waals surface area contributed by atoms with Crippen LogP contribution in [0, 0.1) is 6.92 Å². The van der Waals surface area contributed by atoms with Gasteiger partial charge in [-0.2, -0.15) is 0 Å². The van der Waals surface area contributed by atoms with E-state index in [-0.39, 0.29) is 0 Å². The Kier molecular flexibility index (Phi) is 3.47. The van der Waals surface area contributed by atoms with E-state index >= 15 is 0 Å². The first-order valence-electron chi connectivity index (χ1n) is 5.58. The number of carboxylic acid groups (broad SMARTS) is 1. The van der Waals surface area contributed by atoms with Gasteiger partial charge in [-0.1, -0.05) is 11.6 Å². The van der Waals surface area contributed by atoms with Crippen LogP contribution in [0.25, 0.3) is 0 Å². The van der Waals surface area contributed by atoms with Crippen molar-refractivity contribution in [1.82, 2.24) is 9.97 Å². The number of carbonyl (C=O) groups is 1. The molecular weight excluding hydrogens is 242 g/mol. The summed E-state index contributed by atoms with van der Waals surface area (Å²) in [6.07, 6.45) is 2.51. The fraction of sp³-hybridized carbons (Fsp3) is 0.545. The van der Waals surface area contributed by atoms with Crippen LogP contribution in [0.5, 0.6) is 0 Å². The highest BCUT2D eigenvalue weighted by Crippen LogP contribution is 2.23. The van der Waals surface area contributed by atoms with Crippen molar-refractivity contribution in [2.24, 2.45) is 0 Å². The van der Waals surface area contributed by atoms with Gasteiger partial charge in [-0.3, -0.25) is 0 Å². The quantitative estimate of drug-likeness (QED) is 0.818. The molecule has 1 N–H and O–H groups in total. The lowest BCUT2D eigenvalue weighted by Gasteiger charge is -2.32. The third kappa shape index (κ3) is 2.66. The second-order valence-electron chi connectivity index (χ2n) is 4.18. The maximum absolute atomic E-state index is 11.2. The Bertz CT molecular complexity index is 418. The topological polar surface area (TPSA) is 66.3 Å². The first-order chi connectivity index (χ1) is 8.08. The molecule has 1 aromatic rings. The standard InChI is InChI=1S/C11H14ClN3O2/c1-7-6-9(12)14-11(13-7)15-5-3-2-4-8(15)10(16)17/h6,8H,2-5H2,1H3,(H,16,17). The van der Waals surface area contributed by atoms with Crippen LogP contribution in [-0.4, -0.2) is 33.6 Å². The number of aliphatic carboxylic acids is 1. The summed E-state index contributed by atoms with van der Waals surface area (Å²) in [5.41, 5.74) is 0.745. The Hall–Kier alpha value is -1.36. The molecule has 1 atom stereocenters. The van der Waals surface area contributed by atoms with E-state index in [1.807, 2.05) is 6.92 Å². The minimum absolute atomic E-state index is 0.349. The molecule has 0 spiro atoms. The lowest BCUT2D eigenvalue weighted by Crippen LogP contribution is -2.45. The number of hydrogen-bond acceptors (Lipinski definition) is 4. The van der Waals surface area contributed by atoms with Crippen molar-refractivity contribution < 1.29 is 9.90 Å². The molecule has 6 heteroatoms. The van der Waals surface area contributed by atoms with Crippen molar-refractivity contribution >= 4 is 23.5 Å². The molecule has 0 amide bonds. The van der Waals surface area contributed by atoms with E-state index in [2.05, 4.69) is 9.97 Å². The maximum Gasteiger partial charge on any atom is 0.326 e. The van der Waals surface area contributed by atoms with Crippen molar-refractivity contribution in [3.05, 3.63) is 16.9 Å². The molecule has 0 bridgehead atoms. The number of piperidine rings is 1. The SMILES string of the molecule is Cc1cc(Cl)nc(N2CCCCC2C(=O)O)n1. The van der Waals surface area contributed by atoms with Gasteiger partial charge in [0.2, 0.25) is 5.95 Å². The third-order valence-electron chi connectivity index (χ3n) is 2.86. The van der Waals surface area contributed by atoms with Crippen LogP contribution in [0.3, 0.4) is 0 Å². The molecule has 1 unspecified atom stereocenters. The van der Waals surface area contributed by atoms with Gasteiger partial charge in [0.15, 0.2) is 0 Å². The Balaban J connectivity index is 2.32. The number of aromatic nitrogens is 2. The summed E-state index contributed by atoms with van der Waals surface area (Å²) >= 11 is 5.87. The van der Waals surface area contributed by atoms with Gasteiger partial charge in [0.25, 0.3) is 0 Å². The van der Waals surface area contributed by atoms with Gasteiger partial charge in [0, 0.05) is 12.2 Å². The molecule has 1 aromatic heterocycles. The molecule has 0 saturated carbocycles. The summed E-state index contributed by atoms with van der Waals surface area (Å²) in [5, 5.41) is 9.53. The molecule has 2 heterocycles. The summed E-state index contributed by atoms with van der Waals surface area (Å²) in [5.74, 6) is -0.409. The summed E-state index contributed by atoms with van der Waals surface area (Å²) in [6.45, 7) is 2.48. The fourth-order valence-corrected chi connectivity index (χ4v) is 2.30. The zero-order valence-corrected chi connectivity index (χ0v) is 10.3. The van der Waals surface area contributed by atoms with Crippen molar-refractivity contribution in [1.29, 1.82) is 0 Å². The molecule has 1 fully saturated rings. The van der Waals surface area contributed by atoms with Gasteiger partial charge in [-0.05, 0) is 32.3 Å². The smallest absolute Gasteiger partial charge is 0.326 e. The number of carboxylic acids is 1. The second-order valence-corrected chi connectivity index (χ2v) is 4.56. The molecular formula is C11H14ClN3O2. The van der Waals surface area contributed by atoms with Crippen LogP contribution in [0.4, 0.5) is 5.95 Å². The molecule has 1 aliphatic heterocycles. The number of halogens is 1. The van der Waals surface area contributed by atoms with Crippen LogP contribution in [-0.2, 0) is 4.79 Å². The molecule has 0 aliphatic carbocycles. The van der Waals surface area contributed by atoms with Crippen molar-refractivity contribution in [3.63, 3.8) is 0 Å². The number of anilines is 1. The normalized spacial score (nSPS) is 20.4. The Morgan fingerprint density at radius 2 is 2.29 bits per heavy atom. The second kappa shape index (κ2) is 4.87. The van der Waals surface area contributed by atoms with Gasteiger partial charge in [0.05, 0.1) is 0 Å². The lowest BCUT2D eigenvalue weighted by atomic mass is 10.0. The van der Waals surface area contributed by atoms with Crippen LogP contribution < -0.4 is 4.90 Å². The van der Waals surface area contributed by atoms with Crippen molar-refractivity contribution in [2.45, 2.75) is 32.2 Å². The van der Waals surface area contributed by atoms with E-state index in [0.717, 1.165) is 18.5 Å². The minimum Gasteiger partial charge on any atom is -0.480 e. The zero-order chi connectivity index (χ0) is 12.4. The highest BCUT2D eigenvalue weighted by atomic mass is 35.5. The molecule has 1 aliphatic rings. The van der Waals surface area contributed by atoms with E-state index in [1.165, 1.54) is 0 Å². The minimum atomic E-state index is -0.828. The van der Waals surface area contributed by atoms with E-state index in [9.17, 15) is 9.90 Å². The third-order valence-corrected chi connectivity index (χ3v) is 3.05. The molecule has 17 heavy (non-hydrogen) atoms. The predicted octanol–water partition coefficient (Wildman–Crippen LogP) is 1.88. The lowest BCUT2D eigenvalue weighted by molar-refractivity contribution is -0.139. The van der Waals surface area contributed by atoms with Gasteiger partial charge in [0.1, 0.15) is 11.2 Å². The van der Waals surface area contributed by atoms with Crippen LogP contribution >= 0.6 is 11.6 Å².